The van der Waals surface area contributed by atoms with E-state index in [4.69, 9.17) is 14.2 Å². The normalized spacial score (nSPS) is 12.1. The van der Waals surface area contributed by atoms with Crippen molar-refractivity contribution in [2.45, 2.75) is 26.3 Å². The highest BCUT2D eigenvalue weighted by molar-refractivity contribution is 5.92. The summed E-state index contributed by atoms with van der Waals surface area (Å²) in [5.41, 5.74) is 1.92. The molecule has 0 radical (unpaired) electrons. The Morgan fingerprint density at radius 1 is 0.964 bits per heavy atom. The Bertz CT molecular complexity index is 797. The first kappa shape index (κ1) is 21.4. The second kappa shape index (κ2) is 10.4. The summed E-state index contributed by atoms with van der Waals surface area (Å²) in [4.78, 5) is 12.5. The molecule has 0 heterocycles. The zero-order valence-corrected chi connectivity index (χ0v) is 17.2. The second-order valence-corrected chi connectivity index (χ2v) is 6.91. The van der Waals surface area contributed by atoms with Crippen molar-refractivity contribution in [3.63, 3.8) is 0 Å². The lowest BCUT2D eigenvalue weighted by Gasteiger charge is -2.20. The Labute approximate surface area is 167 Å². The molecular weight excluding hydrogens is 354 g/mol. The van der Waals surface area contributed by atoms with Gasteiger partial charge in [-0.2, -0.15) is 0 Å². The van der Waals surface area contributed by atoms with Crippen LogP contribution >= 0.6 is 0 Å². The van der Waals surface area contributed by atoms with Crippen LogP contribution in [-0.4, -0.2) is 27.2 Å². The predicted octanol–water partition coefficient (Wildman–Crippen LogP) is 4.63. The van der Waals surface area contributed by atoms with Gasteiger partial charge >= 0.3 is 0 Å². The third kappa shape index (κ3) is 6.05. The van der Waals surface area contributed by atoms with Crippen LogP contribution in [0.25, 0.3) is 6.08 Å². The number of hydrogen-bond donors (Lipinski definition) is 1. The van der Waals surface area contributed by atoms with E-state index in [1.807, 2.05) is 42.5 Å². The zero-order chi connectivity index (χ0) is 20.5. The standard InChI is InChI=1S/C23H29NO4/c1-16(2)14-20(18-8-10-19(26-3)11-9-18)24-23(25)13-7-17-6-12-21(27-4)22(15-17)28-5/h6-13,15-16,20H,14H2,1-5H3,(H,24,25)/b13-7+/t20-/m0/s1. The van der Waals surface area contributed by atoms with Gasteiger partial charge in [0.15, 0.2) is 11.5 Å². The van der Waals surface area contributed by atoms with Gasteiger partial charge in [0, 0.05) is 6.08 Å². The summed E-state index contributed by atoms with van der Waals surface area (Å²) in [6.45, 7) is 4.28. The summed E-state index contributed by atoms with van der Waals surface area (Å²) in [6.07, 6.45) is 4.15. The summed E-state index contributed by atoms with van der Waals surface area (Å²) >= 11 is 0. The highest BCUT2D eigenvalue weighted by atomic mass is 16.5. The van der Waals surface area contributed by atoms with Crippen molar-refractivity contribution in [1.82, 2.24) is 5.32 Å². The quantitative estimate of drug-likeness (QED) is 0.642. The van der Waals surface area contributed by atoms with Crippen LogP contribution in [0.5, 0.6) is 17.2 Å². The number of carbonyl (C=O) groups is 1. The molecule has 0 aliphatic heterocycles. The monoisotopic (exact) mass is 383 g/mol. The van der Waals surface area contributed by atoms with Crippen molar-refractivity contribution in [1.29, 1.82) is 0 Å². The first-order chi connectivity index (χ1) is 13.5. The lowest BCUT2D eigenvalue weighted by atomic mass is 9.97. The fourth-order valence-corrected chi connectivity index (χ4v) is 2.93. The van der Waals surface area contributed by atoms with Gasteiger partial charge in [0.2, 0.25) is 5.91 Å². The number of amides is 1. The molecular formula is C23H29NO4. The summed E-state index contributed by atoms with van der Waals surface area (Å²) < 4.78 is 15.7. The van der Waals surface area contributed by atoms with E-state index in [0.29, 0.717) is 17.4 Å². The second-order valence-electron chi connectivity index (χ2n) is 6.91. The molecule has 0 aromatic heterocycles. The predicted molar refractivity (Wildman–Crippen MR) is 112 cm³/mol. The average molecular weight is 383 g/mol. The smallest absolute Gasteiger partial charge is 0.244 e. The van der Waals surface area contributed by atoms with Crippen molar-refractivity contribution in [3.05, 3.63) is 59.7 Å². The number of benzene rings is 2. The molecule has 1 amide bonds. The van der Waals surface area contributed by atoms with E-state index >= 15 is 0 Å². The van der Waals surface area contributed by atoms with Gasteiger partial charge in [0.05, 0.1) is 27.4 Å². The van der Waals surface area contributed by atoms with Crippen molar-refractivity contribution < 1.29 is 19.0 Å². The van der Waals surface area contributed by atoms with E-state index in [2.05, 4.69) is 19.2 Å². The molecule has 0 aliphatic rings. The number of hydrogen-bond acceptors (Lipinski definition) is 4. The number of methoxy groups -OCH3 is 3. The van der Waals surface area contributed by atoms with Gasteiger partial charge in [-0.1, -0.05) is 32.0 Å². The number of ether oxygens (including phenoxy) is 3. The van der Waals surface area contributed by atoms with Crippen molar-refractivity contribution in [2.75, 3.05) is 21.3 Å². The van der Waals surface area contributed by atoms with Gasteiger partial charge < -0.3 is 19.5 Å². The molecule has 0 saturated heterocycles. The molecule has 0 aliphatic carbocycles. The zero-order valence-electron chi connectivity index (χ0n) is 17.2. The molecule has 0 unspecified atom stereocenters. The number of carbonyl (C=O) groups excluding carboxylic acids is 1. The highest BCUT2D eigenvalue weighted by Crippen LogP contribution is 2.28. The molecule has 1 N–H and O–H groups in total. The fraction of sp³-hybridized carbons (Fsp3) is 0.348. The van der Waals surface area contributed by atoms with Crippen molar-refractivity contribution in [3.8, 4) is 17.2 Å². The Kier molecular flexibility index (Phi) is 7.93. The molecule has 150 valence electrons. The SMILES string of the molecule is COc1ccc([C@H](CC(C)C)NC(=O)/C=C/c2ccc(OC)c(OC)c2)cc1. The van der Waals surface area contributed by atoms with Crippen LogP contribution in [0, 0.1) is 5.92 Å². The van der Waals surface area contributed by atoms with Gasteiger partial charge in [-0.25, -0.2) is 0 Å². The molecule has 2 aromatic carbocycles. The average Bonchev–Trinajstić information content (AvgIpc) is 2.71. The molecule has 5 nitrogen and oxygen atoms in total. The van der Waals surface area contributed by atoms with Crippen LogP contribution in [0.15, 0.2) is 48.5 Å². The van der Waals surface area contributed by atoms with Crippen LogP contribution in [0.3, 0.4) is 0 Å². The van der Waals surface area contributed by atoms with Gasteiger partial charge in [0.25, 0.3) is 0 Å². The molecule has 5 heteroatoms. The fourth-order valence-electron chi connectivity index (χ4n) is 2.93. The van der Waals surface area contributed by atoms with Crippen LogP contribution in [0.1, 0.15) is 37.4 Å². The Morgan fingerprint density at radius 3 is 2.21 bits per heavy atom. The van der Waals surface area contributed by atoms with Crippen molar-refractivity contribution >= 4 is 12.0 Å². The first-order valence-corrected chi connectivity index (χ1v) is 9.31. The maximum atomic E-state index is 12.5. The van der Waals surface area contributed by atoms with Gasteiger partial charge in [-0.3, -0.25) is 4.79 Å². The summed E-state index contributed by atoms with van der Waals surface area (Å²) in [6, 6.07) is 13.3. The van der Waals surface area contributed by atoms with E-state index in [0.717, 1.165) is 23.3 Å². The van der Waals surface area contributed by atoms with E-state index in [1.165, 1.54) is 6.08 Å². The van der Waals surface area contributed by atoms with Crippen molar-refractivity contribution in [2.24, 2.45) is 5.92 Å². The first-order valence-electron chi connectivity index (χ1n) is 9.31. The number of rotatable bonds is 9. The van der Waals surface area contributed by atoms with Gasteiger partial charge in [0.1, 0.15) is 5.75 Å². The molecule has 1 atom stereocenters. The summed E-state index contributed by atoms with van der Waals surface area (Å²) in [5, 5.41) is 3.10. The molecule has 28 heavy (non-hydrogen) atoms. The summed E-state index contributed by atoms with van der Waals surface area (Å²) in [5.74, 6) is 2.38. The Morgan fingerprint density at radius 2 is 1.64 bits per heavy atom. The topological polar surface area (TPSA) is 56.8 Å². The molecule has 2 rings (SSSR count). The van der Waals surface area contributed by atoms with E-state index in [9.17, 15) is 4.79 Å². The molecule has 0 fully saturated rings. The van der Waals surface area contributed by atoms with Crippen LogP contribution in [0.4, 0.5) is 0 Å². The number of nitrogens with one attached hydrogen (secondary N) is 1. The van der Waals surface area contributed by atoms with Crippen LogP contribution in [0.2, 0.25) is 0 Å². The molecule has 0 spiro atoms. The van der Waals surface area contributed by atoms with Gasteiger partial charge in [-0.15, -0.1) is 0 Å². The van der Waals surface area contributed by atoms with E-state index < -0.39 is 0 Å². The third-order valence-electron chi connectivity index (χ3n) is 4.38. The van der Waals surface area contributed by atoms with Crippen LogP contribution < -0.4 is 19.5 Å². The molecule has 0 bridgehead atoms. The highest BCUT2D eigenvalue weighted by Gasteiger charge is 2.15. The van der Waals surface area contributed by atoms with Gasteiger partial charge in [-0.05, 0) is 53.8 Å². The molecule has 0 saturated carbocycles. The van der Waals surface area contributed by atoms with E-state index in [1.54, 1.807) is 27.4 Å². The Hall–Kier alpha value is -2.95. The lowest BCUT2D eigenvalue weighted by molar-refractivity contribution is -0.117. The largest absolute Gasteiger partial charge is 0.497 e. The van der Waals surface area contributed by atoms with E-state index in [-0.39, 0.29) is 11.9 Å². The summed E-state index contributed by atoms with van der Waals surface area (Å²) in [7, 11) is 4.82. The maximum absolute atomic E-state index is 12.5. The maximum Gasteiger partial charge on any atom is 0.244 e. The van der Waals surface area contributed by atoms with Crippen LogP contribution in [-0.2, 0) is 4.79 Å². The minimum Gasteiger partial charge on any atom is -0.497 e. The minimum absolute atomic E-state index is 0.0616. The minimum atomic E-state index is -0.142. The Balaban J connectivity index is 2.11. The third-order valence-corrected chi connectivity index (χ3v) is 4.38. The lowest BCUT2D eigenvalue weighted by Crippen LogP contribution is -2.27. The molecule has 2 aromatic rings.